The highest BCUT2D eigenvalue weighted by Gasteiger charge is 2.35. The molecule has 0 bridgehead atoms. The van der Waals surface area contributed by atoms with Crippen LogP contribution in [0.4, 0.5) is 8.78 Å². The van der Waals surface area contributed by atoms with E-state index in [2.05, 4.69) is 0 Å². The topological polar surface area (TPSA) is 80.5 Å². The van der Waals surface area contributed by atoms with Crippen LogP contribution < -0.4 is 5.73 Å². The Morgan fingerprint density at radius 3 is 2.36 bits per heavy atom. The summed E-state index contributed by atoms with van der Waals surface area (Å²) in [7, 11) is -4.61. The Balaban J connectivity index is 0.00000312. The summed E-state index contributed by atoms with van der Waals surface area (Å²) in [6.45, 7) is 5.17. The minimum Gasteiger partial charge on any atom is -0.342 e. The molecule has 0 saturated carbocycles. The summed E-state index contributed by atoms with van der Waals surface area (Å²) in [5, 5.41) is 0. The van der Waals surface area contributed by atoms with Gasteiger partial charge in [0.05, 0.1) is 11.3 Å². The van der Waals surface area contributed by atoms with Gasteiger partial charge in [0, 0.05) is 19.1 Å². The van der Waals surface area contributed by atoms with E-state index in [1.165, 1.54) is 12.1 Å². The molecule has 25 heavy (non-hydrogen) atoms. The van der Waals surface area contributed by atoms with Crippen molar-refractivity contribution in [2.24, 2.45) is 11.1 Å². The van der Waals surface area contributed by atoms with Crippen LogP contribution in [0.2, 0.25) is 0 Å². The van der Waals surface area contributed by atoms with E-state index in [0.717, 1.165) is 18.6 Å². The van der Waals surface area contributed by atoms with Gasteiger partial charge in [-0.3, -0.25) is 4.79 Å². The number of carbonyl (C=O) groups excluding carboxylic acids is 1. The summed E-state index contributed by atoms with van der Waals surface area (Å²) >= 11 is 0. The van der Waals surface area contributed by atoms with Gasteiger partial charge in [0.2, 0.25) is 15.7 Å². The van der Waals surface area contributed by atoms with Crippen molar-refractivity contribution in [3.05, 3.63) is 29.8 Å². The highest BCUT2D eigenvalue weighted by atomic mass is 35.5. The molecule has 1 saturated heterocycles. The van der Waals surface area contributed by atoms with Crippen molar-refractivity contribution in [1.29, 1.82) is 0 Å². The Hall–Kier alpha value is -1.25. The molecule has 2 rings (SSSR count). The molecule has 0 spiro atoms. The molecule has 1 fully saturated rings. The summed E-state index contributed by atoms with van der Waals surface area (Å²) < 4.78 is 47.8. The van der Waals surface area contributed by atoms with Crippen molar-refractivity contribution >= 4 is 28.2 Å². The molecule has 1 amide bonds. The van der Waals surface area contributed by atoms with E-state index >= 15 is 0 Å². The molecular formula is C16H23ClF2N2O3S. The maximum absolute atomic E-state index is 12.5. The summed E-state index contributed by atoms with van der Waals surface area (Å²) in [5.41, 5.74) is 6.47. The van der Waals surface area contributed by atoms with Gasteiger partial charge in [-0.05, 0) is 29.5 Å². The number of carbonyl (C=O) groups is 1. The Morgan fingerprint density at radius 1 is 1.32 bits per heavy atom. The van der Waals surface area contributed by atoms with Gasteiger partial charge in [0.15, 0.2) is 0 Å². The molecule has 1 unspecified atom stereocenters. The average molecular weight is 397 g/mol. The van der Waals surface area contributed by atoms with Crippen LogP contribution in [0.3, 0.4) is 0 Å². The minimum absolute atomic E-state index is 0. The van der Waals surface area contributed by atoms with E-state index in [-0.39, 0.29) is 36.2 Å². The lowest BCUT2D eigenvalue weighted by atomic mass is 9.79. The first-order chi connectivity index (χ1) is 11.0. The quantitative estimate of drug-likeness (QED) is 0.846. The fourth-order valence-electron chi connectivity index (χ4n) is 2.77. The molecule has 1 aromatic carbocycles. The molecule has 0 radical (unpaired) electrons. The molecule has 2 N–H and O–H groups in total. The second-order valence-electron chi connectivity index (χ2n) is 6.83. The number of halogens is 3. The SMILES string of the molecule is CC1(C)CN(C(=O)Cc2ccc(S(=O)(=O)C(F)F)cc2)CCC1N.Cl. The highest BCUT2D eigenvalue weighted by Crippen LogP contribution is 2.28. The zero-order valence-electron chi connectivity index (χ0n) is 14.1. The number of rotatable bonds is 4. The van der Waals surface area contributed by atoms with Gasteiger partial charge in [-0.25, -0.2) is 8.42 Å². The predicted octanol–water partition coefficient (Wildman–Crippen LogP) is 2.23. The number of benzene rings is 1. The zero-order valence-corrected chi connectivity index (χ0v) is 15.7. The number of amides is 1. The van der Waals surface area contributed by atoms with E-state index in [1.54, 1.807) is 4.90 Å². The van der Waals surface area contributed by atoms with Gasteiger partial charge < -0.3 is 10.6 Å². The maximum atomic E-state index is 12.5. The van der Waals surface area contributed by atoms with Gasteiger partial charge in [-0.2, -0.15) is 8.78 Å². The number of piperidine rings is 1. The van der Waals surface area contributed by atoms with Crippen molar-refractivity contribution in [2.75, 3.05) is 13.1 Å². The van der Waals surface area contributed by atoms with Crippen molar-refractivity contribution in [2.45, 2.75) is 43.4 Å². The van der Waals surface area contributed by atoms with E-state index < -0.39 is 20.5 Å². The first kappa shape index (κ1) is 21.8. The number of hydrogen-bond acceptors (Lipinski definition) is 4. The lowest BCUT2D eigenvalue weighted by Crippen LogP contribution is -2.54. The third kappa shape index (κ3) is 4.89. The van der Waals surface area contributed by atoms with Crippen molar-refractivity contribution in [3.63, 3.8) is 0 Å². The lowest BCUT2D eigenvalue weighted by Gasteiger charge is -2.42. The number of sulfone groups is 1. The van der Waals surface area contributed by atoms with Crippen molar-refractivity contribution in [3.8, 4) is 0 Å². The van der Waals surface area contributed by atoms with Gasteiger partial charge in [0.1, 0.15) is 0 Å². The van der Waals surface area contributed by atoms with E-state index in [9.17, 15) is 22.0 Å². The summed E-state index contributed by atoms with van der Waals surface area (Å²) in [4.78, 5) is 13.7. The number of alkyl halides is 2. The molecule has 1 atom stereocenters. The smallest absolute Gasteiger partial charge is 0.341 e. The lowest BCUT2D eigenvalue weighted by molar-refractivity contribution is -0.133. The molecular weight excluding hydrogens is 374 g/mol. The second-order valence-corrected chi connectivity index (χ2v) is 8.74. The van der Waals surface area contributed by atoms with Gasteiger partial charge in [-0.1, -0.05) is 26.0 Å². The van der Waals surface area contributed by atoms with Crippen LogP contribution in [0.5, 0.6) is 0 Å². The van der Waals surface area contributed by atoms with Crippen LogP contribution in [0.1, 0.15) is 25.8 Å². The molecule has 142 valence electrons. The minimum atomic E-state index is -4.61. The highest BCUT2D eigenvalue weighted by molar-refractivity contribution is 7.91. The standard InChI is InChI=1S/C16H22F2N2O3S.ClH/c1-16(2)10-20(8-7-13(16)19)14(21)9-11-3-5-12(6-4-11)24(22,23)15(17)18;/h3-6,13,15H,7-10,19H2,1-2H3;1H. The van der Waals surface area contributed by atoms with Crippen LogP contribution >= 0.6 is 12.4 Å². The summed E-state index contributed by atoms with van der Waals surface area (Å²) in [6.07, 6.45) is 0.824. The number of likely N-dealkylation sites (tertiary alicyclic amines) is 1. The Bertz CT molecular complexity index is 709. The summed E-state index contributed by atoms with van der Waals surface area (Å²) in [5.74, 6) is -3.54. The average Bonchev–Trinajstić information content (AvgIpc) is 2.50. The number of nitrogens with zero attached hydrogens (tertiary/aromatic N) is 1. The Labute approximate surface area is 152 Å². The van der Waals surface area contributed by atoms with Crippen LogP contribution in [0.15, 0.2) is 29.2 Å². The second kappa shape index (κ2) is 7.97. The molecule has 0 aliphatic carbocycles. The predicted molar refractivity (Wildman–Crippen MR) is 93.5 cm³/mol. The van der Waals surface area contributed by atoms with Gasteiger partial charge >= 0.3 is 5.76 Å². The van der Waals surface area contributed by atoms with Crippen LogP contribution in [0.25, 0.3) is 0 Å². The summed E-state index contributed by atoms with van der Waals surface area (Å²) in [6, 6.07) is 5.06. The molecule has 1 aromatic rings. The normalized spacial score (nSPS) is 20.2. The molecule has 0 aromatic heterocycles. The largest absolute Gasteiger partial charge is 0.342 e. The first-order valence-corrected chi connectivity index (χ1v) is 9.23. The van der Waals surface area contributed by atoms with Gasteiger partial charge in [0.25, 0.3) is 0 Å². The fraction of sp³-hybridized carbons (Fsp3) is 0.562. The molecule has 9 heteroatoms. The third-order valence-electron chi connectivity index (χ3n) is 4.51. The zero-order chi connectivity index (χ0) is 18.1. The van der Waals surface area contributed by atoms with Crippen molar-refractivity contribution in [1.82, 2.24) is 4.90 Å². The van der Waals surface area contributed by atoms with Gasteiger partial charge in [-0.15, -0.1) is 12.4 Å². The number of nitrogens with two attached hydrogens (primary N) is 1. The van der Waals surface area contributed by atoms with Crippen molar-refractivity contribution < 1.29 is 22.0 Å². The number of hydrogen-bond donors (Lipinski definition) is 1. The molecule has 5 nitrogen and oxygen atoms in total. The van der Waals surface area contributed by atoms with E-state index in [4.69, 9.17) is 5.73 Å². The van der Waals surface area contributed by atoms with Crippen LogP contribution in [0, 0.1) is 5.41 Å². The Morgan fingerprint density at radius 2 is 1.88 bits per heavy atom. The van der Waals surface area contributed by atoms with Crippen LogP contribution in [-0.4, -0.2) is 44.1 Å². The Kier molecular flexibility index (Phi) is 6.95. The first-order valence-electron chi connectivity index (χ1n) is 7.68. The molecule has 1 heterocycles. The maximum Gasteiger partial charge on any atom is 0.341 e. The monoisotopic (exact) mass is 396 g/mol. The van der Waals surface area contributed by atoms with E-state index in [0.29, 0.717) is 18.7 Å². The van der Waals surface area contributed by atoms with E-state index in [1.807, 2.05) is 13.8 Å². The van der Waals surface area contributed by atoms with Crippen LogP contribution in [-0.2, 0) is 21.1 Å². The molecule has 1 aliphatic heterocycles. The fourth-order valence-corrected chi connectivity index (χ4v) is 3.49. The molecule has 1 aliphatic rings. The third-order valence-corrected chi connectivity index (χ3v) is 5.91.